The van der Waals surface area contributed by atoms with Gasteiger partial charge in [0.05, 0.1) is 0 Å². The predicted molar refractivity (Wildman–Crippen MR) is 125 cm³/mol. The van der Waals surface area contributed by atoms with Crippen LogP contribution in [0.5, 0.6) is 0 Å². The fourth-order valence-corrected chi connectivity index (χ4v) is 5.59. The van der Waals surface area contributed by atoms with Crippen LogP contribution in [0.25, 0.3) is 0 Å². The number of aryl methyl sites for hydroxylation is 2. The van der Waals surface area contributed by atoms with Crippen LogP contribution in [0.4, 0.5) is 10.5 Å². The highest BCUT2D eigenvalue weighted by Gasteiger charge is 2.26. The molecule has 2 atom stereocenters. The first-order valence-corrected chi connectivity index (χ1v) is 12.6. The van der Waals surface area contributed by atoms with Gasteiger partial charge >= 0.3 is 6.03 Å². The summed E-state index contributed by atoms with van der Waals surface area (Å²) in [4.78, 5) is 15.0. The molecule has 1 aromatic rings. The van der Waals surface area contributed by atoms with Crippen LogP contribution >= 0.6 is 0 Å². The maximum atomic E-state index is 13.3. The molecule has 0 aliphatic heterocycles. The summed E-state index contributed by atoms with van der Waals surface area (Å²) < 4.78 is 19.3. The Morgan fingerprint density at radius 3 is 2.39 bits per heavy atom. The van der Waals surface area contributed by atoms with Crippen LogP contribution in [0.2, 0.25) is 0 Å². The molecule has 0 spiro atoms. The average Bonchev–Trinajstić information content (AvgIpc) is 3.40. The van der Waals surface area contributed by atoms with Gasteiger partial charge in [-0.3, -0.25) is 4.90 Å². The smallest absolute Gasteiger partial charge is 0.307 e. The number of urea groups is 1. The second-order valence-corrected chi connectivity index (χ2v) is 10.4. The van der Waals surface area contributed by atoms with E-state index in [1.54, 1.807) is 12.3 Å². The molecule has 2 aliphatic carbocycles. The number of hydrogen-bond acceptors (Lipinski definition) is 5. The number of nitrogens with one attached hydrogen (secondary N) is 2. The summed E-state index contributed by atoms with van der Waals surface area (Å²) >= 11 is 0. The maximum Gasteiger partial charge on any atom is 0.331 e. The number of hydrogen-bond donors (Lipinski definition) is 2. The first-order valence-electron chi connectivity index (χ1n) is 11.1. The molecule has 8 heteroatoms. The summed E-state index contributed by atoms with van der Waals surface area (Å²) in [5, 5.41) is 13.4. The number of nitriles is 1. The van der Waals surface area contributed by atoms with Crippen molar-refractivity contribution in [2.24, 2.45) is 4.36 Å². The molecular weight excluding hydrogens is 410 g/mol. The zero-order valence-corrected chi connectivity index (χ0v) is 19.8. The van der Waals surface area contributed by atoms with E-state index in [0.29, 0.717) is 0 Å². The number of carbonyl (C=O) groups excluding carboxylic acids is 1. The number of benzene rings is 1. The Balaban J connectivity index is 1.85. The maximum absolute atomic E-state index is 13.3. The highest BCUT2D eigenvalue weighted by Crippen LogP contribution is 2.38. The van der Waals surface area contributed by atoms with Crippen molar-refractivity contribution in [3.05, 3.63) is 39.8 Å². The first-order chi connectivity index (χ1) is 14.7. The SMILES string of the molecule is CCN(C)[C@@](C)(/C=C/S(=O)(=NC#N)NC(=O)Nc1c2c(cc3c1CCC3)CCC2)CC. The molecule has 0 saturated carbocycles. The third-order valence-electron chi connectivity index (χ3n) is 6.80. The van der Waals surface area contributed by atoms with E-state index in [-0.39, 0.29) is 5.54 Å². The van der Waals surface area contributed by atoms with Crippen LogP contribution in [0, 0.1) is 11.5 Å². The fourth-order valence-electron chi connectivity index (χ4n) is 4.50. The van der Waals surface area contributed by atoms with E-state index in [9.17, 15) is 9.00 Å². The largest absolute Gasteiger partial charge is 0.331 e. The summed E-state index contributed by atoms with van der Waals surface area (Å²) in [7, 11) is -1.40. The van der Waals surface area contributed by atoms with Crippen molar-refractivity contribution in [3.8, 4) is 6.19 Å². The summed E-state index contributed by atoms with van der Waals surface area (Å²) in [5.74, 6) is 0. The number of nitrogens with zero attached hydrogens (tertiary/aromatic N) is 3. The molecule has 168 valence electrons. The highest BCUT2D eigenvalue weighted by molar-refractivity contribution is 7.95. The fraction of sp³-hybridized carbons (Fsp3) is 0.565. The summed E-state index contributed by atoms with van der Waals surface area (Å²) in [6.07, 6.45) is 10.3. The van der Waals surface area contributed by atoms with Crippen LogP contribution < -0.4 is 10.0 Å². The van der Waals surface area contributed by atoms with Gasteiger partial charge in [-0.05, 0) is 87.7 Å². The molecule has 0 heterocycles. The van der Waals surface area contributed by atoms with Gasteiger partial charge in [0.25, 0.3) is 0 Å². The molecule has 31 heavy (non-hydrogen) atoms. The topological polar surface area (TPSA) is 97.6 Å². The van der Waals surface area contributed by atoms with Gasteiger partial charge in [-0.2, -0.15) is 5.26 Å². The minimum Gasteiger partial charge on any atom is -0.307 e. The van der Waals surface area contributed by atoms with E-state index in [1.807, 2.05) is 27.8 Å². The van der Waals surface area contributed by atoms with Crippen molar-refractivity contribution < 1.29 is 9.00 Å². The predicted octanol–water partition coefficient (Wildman–Crippen LogP) is 4.28. The molecule has 1 aromatic carbocycles. The third-order valence-corrected chi connectivity index (χ3v) is 8.14. The first kappa shape index (κ1) is 23.3. The molecule has 0 radical (unpaired) electrons. The molecule has 2 amide bonds. The molecular formula is C23H33N5O2S. The van der Waals surface area contributed by atoms with Crippen molar-refractivity contribution in [1.29, 1.82) is 5.26 Å². The Morgan fingerprint density at radius 2 is 1.87 bits per heavy atom. The number of amides is 2. The van der Waals surface area contributed by atoms with E-state index in [1.165, 1.54) is 27.7 Å². The van der Waals surface area contributed by atoms with E-state index in [4.69, 9.17) is 5.26 Å². The summed E-state index contributed by atoms with van der Waals surface area (Å²) in [6, 6.07) is 1.70. The standard InChI is InChI=1S/C23H33N5O2S/c1-5-23(3,28(4)6-2)13-14-31(30,25-16-24)27-22(29)26-21-19-11-7-9-17(19)15-18-10-8-12-20(18)21/h13-15H,5-12H2,1-4H3,(H2,25,26,27,29,30)/b14-13+/t23-,31?/m1/s1. The van der Waals surface area contributed by atoms with Gasteiger partial charge in [-0.25, -0.2) is 13.7 Å². The van der Waals surface area contributed by atoms with E-state index >= 15 is 0 Å². The molecule has 0 aromatic heterocycles. The molecule has 0 fully saturated rings. The van der Waals surface area contributed by atoms with Gasteiger partial charge in [0, 0.05) is 16.6 Å². The Labute approximate surface area is 186 Å². The minimum absolute atomic E-state index is 0.360. The van der Waals surface area contributed by atoms with Gasteiger partial charge in [-0.15, -0.1) is 0 Å². The highest BCUT2D eigenvalue weighted by atomic mass is 32.2. The monoisotopic (exact) mass is 443 g/mol. The lowest BCUT2D eigenvalue weighted by Gasteiger charge is -2.35. The summed E-state index contributed by atoms with van der Waals surface area (Å²) in [6.45, 7) is 6.91. The van der Waals surface area contributed by atoms with Crippen LogP contribution in [0.1, 0.15) is 62.3 Å². The quantitative estimate of drug-likeness (QED) is 0.615. The number of carbonyl (C=O) groups is 1. The Hall–Kier alpha value is -2.37. The Kier molecular flexibility index (Phi) is 7.07. The second kappa shape index (κ2) is 9.41. The number of likely N-dealkylation sites (N-methyl/N-ethyl adjacent to an activating group) is 1. The van der Waals surface area contributed by atoms with Crippen molar-refractivity contribution in [2.45, 2.75) is 71.3 Å². The van der Waals surface area contributed by atoms with Gasteiger partial charge < -0.3 is 5.32 Å². The average molecular weight is 444 g/mol. The number of rotatable bonds is 7. The molecule has 2 aliphatic rings. The summed E-state index contributed by atoms with van der Waals surface area (Å²) in [5.41, 5.74) is 5.50. The van der Waals surface area contributed by atoms with Gasteiger partial charge in [0.1, 0.15) is 0 Å². The van der Waals surface area contributed by atoms with Crippen LogP contribution in [0.15, 0.2) is 21.9 Å². The van der Waals surface area contributed by atoms with E-state index in [0.717, 1.165) is 57.2 Å². The van der Waals surface area contributed by atoms with Crippen LogP contribution in [0.3, 0.4) is 0 Å². The third kappa shape index (κ3) is 4.94. The van der Waals surface area contributed by atoms with E-state index < -0.39 is 15.9 Å². The lowest BCUT2D eigenvalue weighted by Crippen LogP contribution is -2.42. The van der Waals surface area contributed by atoms with Gasteiger partial charge in [0.15, 0.2) is 9.92 Å². The van der Waals surface area contributed by atoms with Crippen molar-refractivity contribution in [1.82, 2.24) is 9.62 Å². The van der Waals surface area contributed by atoms with Crippen molar-refractivity contribution in [3.63, 3.8) is 0 Å². The Bertz CT molecular complexity index is 1020. The molecule has 3 rings (SSSR count). The van der Waals surface area contributed by atoms with Crippen molar-refractivity contribution in [2.75, 3.05) is 18.9 Å². The van der Waals surface area contributed by atoms with Gasteiger partial charge in [-0.1, -0.05) is 30.4 Å². The number of anilines is 1. The molecule has 1 unspecified atom stereocenters. The zero-order valence-electron chi connectivity index (χ0n) is 19.0. The molecule has 2 N–H and O–H groups in total. The Morgan fingerprint density at radius 1 is 1.26 bits per heavy atom. The van der Waals surface area contributed by atoms with Crippen molar-refractivity contribution >= 4 is 21.6 Å². The lowest BCUT2D eigenvalue weighted by atomic mass is 9.97. The minimum atomic E-state index is -3.38. The van der Waals surface area contributed by atoms with Crippen LogP contribution in [-0.4, -0.2) is 34.3 Å². The number of fused-ring (bicyclic) bond motifs is 2. The normalized spacial score (nSPS) is 18.7. The zero-order chi connectivity index (χ0) is 22.6. The van der Waals surface area contributed by atoms with Crippen LogP contribution in [-0.2, 0) is 35.6 Å². The second-order valence-electron chi connectivity index (χ2n) is 8.58. The lowest BCUT2D eigenvalue weighted by molar-refractivity contribution is 0.190. The molecule has 7 nitrogen and oxygen atoms in total. The molecule has 0 saturated heterocycles. The van der Waals surface area contributed by atoms with Gasteiger partial charge in [0.2, 0.25) is 6.19 Å². The molecule has 0 bridgehead atoms. The van der Waals surface area contributed by atoms with E-state index in [2.05, 4.69) is 25.4 Å².